The van der Waals surface area contributed by atoms with Crippen molar-refractivity contribution in [1.82, 2.24) is 0 Å². The van der Waals surface area contributed by atoms with Gasteiger partial charge in [0.1, 0.15) is 39.4 Å². The van der Waals surface area contributed by atoms with Crippen LogP contribution in [0.3, 0.4) is 0 Å². The van der Waals surface area contributed by atoms with Crippen molar-refractivity contribution >= 4 is 23.0 Å². The third-order valence-electron chi connectivity index (χ3n) is 5.81. The molecule has 1 aromatic rings. The van der Waals surface area contributed by atoms with Crippen LogP contribution in [0.2, 0.25) is 0 Å². The molecule has 2 aliphatic rings. The van der Waals surface area contributed by atoms with Crippen molar-refractivity contribution < 1.29 is 23.6 Å². The summed E-state index contributed by atoms with van der Waals surface area (Å²) in [5.74, 6) is 1.67. The fourth-order valence-electron chi connectivity index (χ4n) is 4.04. The largest absolute Gasteiger partial charge is 0.591 e. The number of hydrogen-bond acceptors (Lipinski definition) is 6. The molecule has 1 saturated carbocycles. The quantitative estimate of drug-likeness (QED) is 0.504. The molecule has 1 aliphatic heterocycles. The Morgan fingerprint density at radius 2 is 1.97 bits per heavy atom. The molecule has 0 saturated heterocycles. The maximum atomic E-state index is 12.7. The second-order valence-corrected chi connectivity index (χ2v) is 10.9. The van der Waals surface area contributed by atoms with E-state index in [1.165, 1.54) is 0 Å². The van der Waals surface area contributed by atoms with Crippen molar-refractivity contribution in [2.75, 3.05) is 13.7 Å². The summed E-state index contributed by atoms with van der Waals surface area (Å²) in [5.41, 5.74) is 1.70. The Bertz CT molecular complexity index is 780. The number of benzene rings is 1. The molecule has 1 heterocycles. The summed E-state index contributed by atoms with van der Waals surface area (Å²) in [6.07, 6.45) is 4.01. The van der Waals surface area contributed by atoms with Gasteiger partial charge in [0, 0.05) is 18.1 Å². The highest BCUT2D eigenvalue weighted by molar-refractivity contribution is 7.91. The van der Waals surface area contributed by atoms with Crippen LogP contribution in [0.15, 0.2) is 22.6 Å². The molecule has 0 amide bonds. The second kappa shape index (κ2) is 9.60. The minimum atomic E-state index is -1.34. The van der Waals surface area contributed by atoms with Gasteiger partial charge < -0.3 is 18.8 Å². The van der Waals surface area contributed by atoms with Crippen LogP contribution in [-0.4, -0.2) is 40.8 Å². The van der Waals surface area contributed by atoms with Gasteiger partial charge in [-0.05, 0) is 71.4 Å². The van der Waals surface area contributed by atoms with Crippen LogP contribution in [0.25, 0.3) is 0 Å². The molecule has 1 aliphatic carbocycles. The Hall–Kier alpha value is -1.73. The first-order valence-electron chi connectivity index (χ1n) is 10.7. The van der Waals surface area contributed by atoms with Crippen molar-refractivity contribution in [3.63, 3.8) is 0 Å². The minimum absolute atomic E-state index is 0.0151. The molecule has 166 valence electrons. The molecular formula is C23H33NO5S. The third-order valence-corrected chi connectivity index (χ3v) is 7.24. The van der Waals surface area contributed by atoms with Gasteiger partial charge in [-0.2, -0.15) is 0 Å². The highest BCUT2D eigenvalue weighted by Crippen LogP contribution is 2.40. The van der Waals surface area contributed by atoms with Gasteiger partial charge in [0.2, 0.25) is 0 Å². The Morgan fingerprint density at radius 1 is 1.27 bits per heavy atom. The summed E-state index contributed by atoms with van der Waals surface area (Å²) in [5, 5.41) is 0. The van der Waals surface area contributed by atoms with Gasteiger partial charge in [-0.25, -0.2) is 0 Å². The molecule has 0 N–H and O–H groups in total. The zero-order chi connectivity index (χ0) is 21.9. The molecule has 3 rings (SSSR count). The summed E-state index contributed by atoms with van der Waals surface area (Å²) in [4.78, 5) is 12.1. The molecule has 1 fully saturated rings. The van der Waals surface area contributed by atoms with Crippen molar-refractivity contribution in [2.24, 2.45) is 16.2 Å². The maximum absolute atomic E-state index is 12.7. The van der Waals surface area contributed by atoms with Gasteiger partial charge in [-0.1, -0.05) is 4.40 Å². The lowest BCUT2D eigenvalue weighted by atomic mass is 9.77. The number of rotatable bonds is 5. The number of fused-ring (bicyclic) bond motifs is 1. The molecule has 0 unspecified atom stereocenters. The fourth-order valence-corrected chi connectivity index (χ4v) is 4.69. The molecule has 0 radical (unpaired) electrons. The Labute approximate surface area is 182 Å². The van der Waals surface area contributed by atoms with Crippen LogP contribution < -0.4 is 9.47 Å². The van der Waals surface area contributed by atoms with Crippen molar-refractivity contribution in [2.45, 2.75) is 70.7 Å². The van der Waals surface area contributed by atoms with Crippen LogP contribution in [0.4, 0.5) is 0 Å². The molecule has 0 bridgehead atoms. The number of hydrogen-bond donors (Lipinski definition) is 0. The van der Waals surface area contributed by atoms with E-state index < -0.39 is 16.1 Å². The van der Waals surface area contributed by atoms with Crippen molar-refractivity contribution in [3.8, 4) is 11.5 Å². The average molecular weight is 436 g/mol. The zero-order valence-corrected chi connectivity index (χ0v) is 19.4. The third kappa shape index (κ3) is 5.30. The molecule has 7 heteroatoms. The standard InChI is InChI=1S/C23H33NO5S/c1-6-28-22(25)16-9-7-15(8-10-16)20-14-19(24-30(26)23(2,3)4)18-12-11-17(27-5)13-21(18)29-20/h11-13,15-16,20H,6-10,14H2,1-5H3/t15?,16?,20-,30+/m0/s1. The van der Waals surface area contributed by atoms with Crippen LogP contribution in [0.5, 0.6) is 11.5 Å². The number of carbonyl (C=O) groups excluding carboxylic acids is 1. The topological polar surface area (TPSA) is 80.2 Å². The Balaban J connectivity index is 1.80. The molecule has 6 nitrogen and oxygen atoms in total. The van der Waals surface area contributed by atoms with E-state index in [0.717, 1.165) is 48.5 Å². The summed E-state index contributed by atoms with van der Waals surface area (Å²) < 4.78 is 33.9. The number of carbonyl (C=O) groups is 1. The minimum Gasteiger partial charge on any atom is -0.591 e. The van der Waals surface area contributed by atoms with Gasteiger partial charge >= 0.3 is 5.97 Å². The normalized spacial score (nSPS) is 26.5. The highest BCUT2D eigenvalue weighted by atomic mass is 32.2. The summed E-state index contributed by atoms with van der Waals surface area (Å²) in [7, 11) is 1.63. The second-order valence-electron chi connectivity index (χ2n) is 8.99. The Kier molecular flexibility index (Phi) is 7.34. The highest BCUT2D eigenvalue weighted by Gasteiger charge is 2.37. The fraction of sp³-hybridized carbons (Fsp3) is 0.652. The van der Waals surface area contributed by atoms with Gasteiger partial charge in [0.05, 0.1) is 19.6 Å². The SMILES string of the molecule is CCOC(=O)C1CCC([C@@H]2CC(=N[S@+]([O-])C(C)(C)C)c3ccc(OC)cc3O2)CC1. The van der Waals surface area contributed by atoms with E-state index in [9.17, 15) is 9.35 Å². The average Bonchev–Trinajstić information content (AvgIpc) is 2.72. The summed E-state index contributed by atoms with van der Waals surface area (Å²) in [6.45, 7) is 8.04. The van der Waals surface area contributed by atoms with Crippen molar-refractivity contribution in [1.29, 1.82) is 0 Å². The van der Waals surface area contributed by atoms with Crippen LogP contribution >= 0.6 is 0 Å². The van der Waals surface area contributed by atoms with Gasteiger partial charge in [-0.3, -0.25) is 4.79 Å². The zero-order valence-electron chi connectivity index (χ0n) is 18.6. The molecule has 0 spiro atoms. The predicted octanol–water partition coefficient (Wildman–Crippen LogP) is 4.47. The molecule has 30 heavy (non-hydrogen) atoms. The van der Waals surface area contributed by atoms with E-state index in [4.69, 9.17) is 14.2 Å². The van der Waals surface area contributed by atoms with E-state index in [-0.39, 0.29) is 18.0 Å². The maximum Gasteiger partial charge on any atom is 0.308 e. The van der Waals surface area contributed by atoms with Gasteiger partial charge in [-0.15, -0.1) is 0 Å². The lowest BCUT2D eigenvalue weighted by Crippen LogP contribution is -2.38. The van der Waals surface area contributed by atoms with Crippen molar-refractivity contribution in [3.05, 3.63) is 23.8 Å². The summed E-state index contributed by atoms with van der Waals surface area (Å²) in [6, 6.07) is 5.69. The Morgan fingerprint density at radius 3 is 2.57 bits per heavy atom. The molecule has 1 aromatic carbocycles. The lowest BCUT2D eigenvalue weighted by Gasteiger charge is -2.36. The number of nitrogens with zero attached hydrogens (tertiary/aromatic N) is 1. The predicted molar refractivity (Wildman–Crippen MR) is 119 cm³/mol. The number of ether oxygens (including phenoxy) is 3. The van der Waals surface area contributed by atoms with Crippen LogP contribution in [0.1, 0.15) is 65.4 Å². The van der Waals surface area contributed by atoms with E-state index >= 15 is 0 Å². The molecule has 2 atom stereocenters. The number of esters is 1. The lowest BCUT2D eigenvalue weighted by molar-refractivity contribution is -0.149. The number of methoxy groups -OCH3 is 1. The molecule has 0 aromatic heterocycles. The smallest absolute Gasteiger partial charge is 0.308 e. The van der Waals surface area contributed by atoms with Gasteiger partial charge in [0.15, 0.2) is 0 Å². The first-order chi connectivity index (χ1) is 14.2. The van der Waals surface area contributed by atoms with E-state index in [1.807, 2.05) is 45.9 Å². The van der Waals surface area contributed by atoms with Gasteiger partial charge in [0.25, 0.3) is 0 Å². The van der Waals surface area contributed by atoms with Crippen LogP contribution in [-0.2, 0) is 20.9 Å². The monoisotopic (exact) mass is 435 g/mol. The summed E-state index contributed by atoms with van der Waals surface area (Å²) >= 11 is -1.34. The van der Waals surface area contributed by atoms with E-state index in [0.29, 0.717) is 18.9 Å². The first kappa shape index (κ1) is 22.9. The van der Waals surface area contributed by atoms with E-state index in [1.54, 1.807) is 7.11 Å². The first-order valence-corrected chi connectivity index (χ1v) is 11.8. The molecular weight excluding hydrogens is 402 g/mol. The van der Waals surface area contributed by atoms with Crippen LogP contribution in [0, 0.1) is 11.8 Å². The van der Waals surface area contributed by atoms with E-state index in [2.05, 4.69) is 4.40 Å².